The largest absolute Gasteiger partial charge is 0.508 e. The van der Waals surface area contributed by atoms with E-state index in [-0.39, 0.29) is 23.9 Å². The summed E-state index contributed by atoms with van der Waals surface area (Å²) in [7, 11) is 0. The minimum absolute atomic E-state index is 0.0678. The van der Waals surface area contributed by atoms with Gasteiger partial charge in [0.2, 0.25) is 0 Å². The average Bonchev–Trinajstić information content (AvgIpc) is 2.37. The van der Waals surface area contributed by atoms with Crippen molar-refractivity contribution in [1.29, 1.82) is 0 Å². The second kappa shape index (κ2) is 7.90. The van der Waals surface area contributed by atoms with Crippen LogP contribution in [0.2, 0.25) is 0 Å². The van der Waals surface area contributed by atoms with Gasteiger partial charge in [-0.05, 0) is 44.9 Å². The van der Waals surface area contributed by atoms with Crippen LogP contribution in [0.4, 0.5) is 0 Å². The third-order valence-electron chi connectivity index (χ3n) is 2.92. The molecule has 1 aromatic rings. The fourth-order valence-electron chi connectivity index (χ4n) is 1.77. The van der Waals surface area contributed by atoms with Gasteiger partial charge in [0.15, 0.2) is 6.10 Å². The van der Waals surface area contributed by atoms with Crippen LogP contribution in [-0.2, 0) is 20.7 Å². The van der Waals surface area contributed by atoms with E-state index in [0.29, 0.717) is 6.42 Å². The maximum atomic E-state index is 12.1. The van der Waals surface area contributed by atoms with Crippen molar-refractivity contribution in [1.82, 2.24) is 0 Å². The molecule has 1 aromatic carbocycles. The van der Waals surface area contributed by atoms with Gasteiger partial charge in [-0.25, -0.2) is 4.79 Å². The average molecular weight is 280 g/mol. The first-order valence-electron chi connectivity index (χ1n) is 7.06. The number of aromatic hydroxyl groups is 1. The molecule has 2 atom stereocenters. The molecule has 2 unspecified atom stereocenters. The van der Waals surface area contributed by atoms with Crippen LogP contribution in [0, 0.1) is 0 Å². The summed E-state index contributed by atoms with van der Waals surface area (Å²) in [5.74, 6) is -0.169. The van der Waals surface area contributed by atoms with Gasteiger partial charge in [0.1, 0.15) is 5.75 Å². The molecule has 0 spiro atoms. The summed E-state index contributed by atoms with van der Waals surface area (Å²) in [6.45, 7) is 7.59. The first-order valence-corrected chi connectivity index (χ1v) is 7.06. The number of hydrogen-bond acceptors (Lipinski definition) is 4. The van der Waals surface area contributed by atoms with E-state index in [1.54, 1.807) is 18.2 Å². The topological polar surface area (TPSA) is 55.8 Å². The summed E-state index contributed by atoms with van der Waals surface area (Å²) in [5, 5.41) is 9.47. The van der Waals surface area contributed by atoms with E-state index in [9.17, 15) is 9.90 Å². The number of hydrogen-bond donors (Lipinski definition) is 1. The van der Waals surface area contributed by atoms with Gasteiger partial charge >= 0.3 is 5.97 Å². The first-order chi connectivity index (χ1) is 9.42. The minimum Gasteiger partial charge on any atom is -0.508 e. The molecule has 0 aliphatic heterocycles. The van der Waals surface area contributed by atoms with Crippen molar-refractivity contribution in [2.75, 3.05) is 0 Å². The Morgan fingerprint density at radius 3 is 2.55 bits per heavy atom. The fourth-order valence-corrected chi connectivity index (χ4v) is 1.77. The summed E-state index contributed by atoms with van der Waals surface area (Å²) in [6.07, 6.45) is 0.325. The molecule has 0 aromatic heterocycles. The van der Waals surface area contributed by atoms with Gasteiger partial charge in [0.25, 0.3) is 0 Å². The van der Waals surface area contributed by atoms with Crippen molar-refractivity contribution in [2.45, 2.75) is 58.8 Å². The molecule has 0 amide bonds. The molecule has 1 N–H and O–H groups in total. The minimum atomic E-state index is -0.647. The van der Waals surface area contributed by atoms with Crippen LogP contribution >= 0.6 is 0 Å². The van der Waals surface area contributed by atoms with E-state index >= 15 is 0 Å². The Hall–Kier alpha value is -1.55. The Balaban J connectivity index is 2.76. The standard InChI is InChI=1S/C16H24O4/c1-5-12(4)20-16(18)15(19-11(2)3)10-13-7-6-8-14(17)9-13/h6-9,11-12,15,17H,5,10H2,1-4H3. The lowest BCUT2D eigenvalue weighted by Crippen LogP contribution is -2.33. The van der Waals surface area contributed by atoms with Crippen molar-refractivity contribution in [3.05, 3.63) is 29.8 Å². The van der Waals surface area contributed by atoms with E-state index in [1.807, 2.05) is 33.8 Å². The lowest BCUT2D eigenvalue weighted by Gasteiger charge is -2.21. The van der Waals surface area contributed by atoms with E-state index in [0.717, 1.165) is 12.0 Å². The summed E-state index contributed by atoms with van der Waals surface area (Å²) >= 11 is 0. The summed E-state index contributed by atoms with van der Waals surface area (Å²) in [6, 6.07) is 6.83. The van der Waals surface area contributed by atoms with E-state index in [2.05, 4.69) is 0 Å². The second-order valence-corrected chi connectivity index (χ2v) is 5.20. The molecule has 0 bridgehead atoms. The molecule has 1 rings (SSSR count). The second-order valence-electron chi connectivity index (χ2n) is 5.20. The molecular formula is C16H24O4. The van der Waals surface area contributed by atoms with E-state index in [1.165, 1.54) is 0 Å². The highest BCUT2D eigenvalue weighted by atomic mass is 16.6. The zero-order chi connectivity index (χ0) is 15.1. The van der Waals surface area contributed by atoms with Crippen molar-refractivity contribution < 1.29 is 19.4 Å². The zero-order valence-corrected chi connectivity index (χ0v) is 12.6. The summed E-state index contributed by atoms with van der Waals surface area (Å²) < 4.78 is 11.0. The Bertz CT molecular complexity index is 428. The molecule has 0 radical (unpaired) electrons. The van der Waals surface area contributed by atoms with Gasteiger partial charge in [-0.1, -0.05) is 19.1 Å². The van der Waals surface area contributed by atoms with Crippen LogP contribution in [0.3, 0.4) is 0 Å². The van der Waals surface area contributed by atoms with Crippen molar-refractivity contribution in [3.63, 3.8) is 0 Å². The zero-order valence-electron chi connectivity index (χ0n) is 12.6. The van der Waals surface area contributed by atoms with E-state index < -0.39 is 6.10 Å². The molecule has 4 nitrogen and oxygen atoms in total. The Morgan fingerprint density at radius 1 is 1.30 bits per heavy atom. The van der Waals surface area contributed by atoms with Crippen molar-refractivity contribution in [2.24, 2.45) is 0 Å². The number of carbonyl (C=O) groups excluding carboxylic acids is 1. The van der Waals surface area contributed by atoms with Gasteiger partial charge in [-0.15, -0.1) is 0 Å². The SMILES string of the molecule is CCC(C)OC(=O)C(Cc1cccc(O)c1)OC(C)C. The maximum Gasteiger partial charge on any atom is 0.335 e. The quantitative estimate of drug-likeness (QED) is 0.780. The normalized spacial score (nSPS) is 14.1. The van der Waals surface area contributed by atoms with Crippen molar-refractivity contribution in [3.8, 4) is 5.75 Å². The molecule has 0 heterocycles. The van der Waals surface area contributed by atoms with E-state index in [4.69, 9.17) is 9.47 Å². The van der Waals surface area contributed by atoms with Crippen LogP contribution in [0.5, 0.6) is 5.75 Å². The van der Waals surface area contributed by atoms with Crippen LogP contribution < -0.4 is 0 Å². The molecule has 20 heavy (non-hydrogen) atoms. The molecule has 0 saturated heterocycles. The molecule has 0 aliphatic carbocycles. The summed E-state index contributed by atoms with van der Waals surface area (Å²) in [4.78, 5) is 12.1. The van der Waals surface area contributed by atoms with Gasteiger partial charge in [-0.2, -0.15) is 0 Å². The predicted octanol–water partition coefficient (Wildman–Crippen LogP) is 3.07. The smallest absolute Gasteiger partial charge is 0.335 e. The van der Waals surface area contributed by atoms with Gasteiger partial charge in [0.05, 0.1) is 12.2 Å². The monoisotopic (exact) mass is 280 g/mol. The Morgan fingerprint density at radius 2 is 2.00 bits per heavy atom. The third-order valence-corrected chi connectivity index (χ3v) is 2.92. The Labute approximate surface area is 120 Å². The molecule has 0 aliphatic rings. The lowest BCUT2D eigenvalue weighted by molar-refractivity contribution is -0.164. The maximum absolute atomic E-state index is 12.1. The number of benzene rings is 1. The van der Waals surface area contributed by atoms with Crippen LogP contribution in [0.15, 0.2) is 24.3 Å². The number of phenols is 1. The molecule has 0 fully saturated rings. The third kappa shape index (κ3) is 5.61. The Kier molecular flexibility index (Phi) is 6.52. The number of esters is 1. The number of rotatable bonds is 7. The van der Waals surface area contributed by atoms with Crippen LogP contribution in [0.25, 0.3) is 0 Å². The first kappa shape index (κ1) is 16.5. The van der Waals surface area contributed by atoms with Crippen LogP contribution in [0.1, 0.15) is 39.7 Å². The van der Waals surface area contributed by atoms with Gasteiger partial charge < -0.3 is 14.6 Å². The highest BCUT2D eigenvalue weighted by Crippen LogP contribution is 2.16. The molecule has 112 valence electrons. The number of carbonyl (C=O) groups is 1. The predicted molar refractivity (Wildman–Crippen MR) is 77.7 cm³/mol. The van der Waals surface area contributed by atoms with Crippen LogP contribution in [-0.4, -0.2) is 29.4 Å². The highest BCUT2D eigenvalue weighted by Gasteiger charge is 2.24. The number of ether oxygens (including phenoxy) is 2. The lowest BCUT2D eigenvalue weighted by atomic mass is 10.1. The summed E-state index contributed by atoms with van der Waals surface area (Å²) in [5.41, 5.74) is 0.844. The van der Waals surface area contributed by atoms with Crippen molar-refractivity contribution >= 4 is 5.97 Å². The van der Waals surface area contributed by atoms with Gasteiger partial charge in [0, 0.05) is 6.42 Å². The fraction of sp³-hybridized carbons (Fsp3) is 0.562. The molecular weight excluding hydrogens is 256 g/mol. The molecule has 0 saturated carbocycles. The number of phenolic OH excluding ortho intramolecular Hbond substituents is 1. The molecule has 4 heteroatoms. The van der Waals surface area contributed by atoms with Gasteiger partial charge in [-0.3, -0.25) is 0 Å². The highest BCUT2D eigenvalue weighted by molar-refractivity contribution is 5.75.